The minimum Gasteiger partial charge on any atom is -0.366 e. The van der Waals surface area contributed by atoms with E-state index < -0.39 is 0 Å². The van der Waals surface area contributed by atoms with Gasteiger partial charge >= 0.3 is 0 Å². The van der Waals surface area contributed by atoms with Crippen LogP contribution in [-0.4, -0.2) is 30.1 Å². The largest absolute Gasteiger partial charge is 0.366 e. The standard InChI is InChI=1S/C7H14N2S/c1-6-3-4-9(5-6)7(10)8-2/h6H,3-5H2,1-2H3,(H,8,10). The molecule has 0 radical (unpaired) electrons. The average molecular weight is 158 g/mol. The molecule has 0 aromatic rings. The van der Waals surface area contributed by atoms with Gasteiger partial charge in [-0.3, -0.25) is 0 Å². The fourth-order valence-electron chi connectivity index (χ4n) is 1.28. The average Bonchev–Trinajstić information content (AvgIpc) is 2.34. The van der Waals surface area contributed by atoms with Gasteiger partial charge in [-0.25, -0.2) is 0 Å². The molecule has 1 unspecified atom stereocenters. The summed E-state index contributed by atoms with van der Waals surface area (Å²) in [5.41, 5.74) is 0. The van der Waals surface area contributed by atoms with Crippen molar-refractivity contribution in [3.05, 3.63) is 0 Å². The molecule has 0 aromatic heterocycles. The Morgan fingerprint density at radius 2 is 2.40 bits per heavy atom. The lowest BCUT2D eigenvalue weighted by Crippen LogP contribution is -2.35. The van der Waals surface area contributed by atoms with Gasteiger partial charge in [0.1, 0.15) is 0 Å². The zero-order valence-corrected chi connectivity index (χ0v) is 7.37. The Hall–Kier alpha value is -0.310. The van der Waals surface area contributed by atoms with Crippen molar-refractivity contribution in [2.75, 3.05) is 20.1 Å². The molecule has 0 bridgehead atoms. The molecule has 0 amide bonds. The Morgan fingerprint density at radius 3 is 2.80 bits per heavy atom. The van der Waals surface area contributed by atoms with E-state index in [0.717, 1.165) is 24.1 Å². The number of hydrogen-bond acceptors (Lipinski definition) is 1. The summed E-state index contributed by atoms with van der Waals surface area (Å²) in [5, 5.41) is 3.88. The van der Waals surface area contributed by atoms with Crippen LogP contribution in [0, 0.1) is 5.92 Å². The van der Waals surface area contributed by atoms with Gasteiger partial charge in [0.05, 0.1) is 0 Å². The summed E-state index contributed by atoms with van der Waals surface area (Å²) >= 11 is 5.08. The molecular weight excluding hydrogens is 144 g/mol. The zero-order chi connectivity index (χ0) is 7.56. The molecule has 1 rings (SSSR count). The van der Waals surface area contributed by atoms with E-state index in [1.807, 2.05) is 7.05 Å². The number of thiocarbonyl (C=S) groups is 1. The van der Waals surface area contributed by atoms with E-state index in [1.165, 1.54) is 6.42 Å². The van der Waals surface area contributed by atoms with Gasteiger partial charge in [-0.1, -0.05) is 6.92 Å². The molecule has 58 valence electrons. The summed E-state index contributed by atoms with van der Waals surface area (Å²) in [4.78, 5) is 2.22. The quantitative estimate of drug-likeness (QED) is 0.526. The van der Waals surface area contributed by atoms with Gasteiger partial charge in [-0.05, 0) is 24.6 Å². The summed E-state index contributed by atoms with van der Waals surface area (Å²) < 4.78 is 0. The molecule has 1 heterocycles. The predicted octanol–water partition coefficient (Wildman–Crippen LogP) is 0.833. The molecular formula is C7H14N2S. The van der Waals surface area contributed by atoms with Crippen molar-refractivity contribution < 1.29 is 0 Å². The summed E-state index contributed by atoms with van der Waals surface area (Å²) in [5.74, 6) is 0.811. The van der Waals surface area contributed by atoms with Crippen LogP contribution < -0.4 is 5.32 Å². The van der Waals surface area contributed by atoms with Gasteiger partial charge in [0.25, 0.3) is 0 Å². The SMILES string of the molecule is CNC(=S)N1CCC(C)C1. The summed E-state index contributed by atoms with van der Waals surface area (Å²) in [6.07, 6.45) is 1.28. The van der Waals surface area contributed by atoms with Gasteiger partial charge in [-0.15, -0.1) is 0 Å². The maximum Gasteiger partial charge on any atom is 0.168 e. The fraction of sp³-hybridized carbons (Fsp3) is 0.857. The molecule has 10 heavy (non-hydrogen) atoms. The fourth-order valence-corrected chi connectivity index (χ4v) is 1.44. The van der Waals surface area contributed by atoms with Crippen molar-refractivity contribution in [1.29, 1.82) is 0 Å². The van der Waals surface area contributed by atoms with E-state index in [2.05, 4.69) is 17.1 Å². The summed E-state index contributed by atoms with van der Waals surface area (Å²) in [6, 6.07) is 0. The zero-order valence-electron chi connectivity index (χ0n) is 6.55. The van der Waals surface area contributed by atoms with Gasteiger partial charge in [0, 0.05) is 20.1 Å². The van der Waals surface area contributed by atoms with E-state index in [9.17, 15) is 0 Å². The Bertz CT molecular complexity index is 136. The minimum atomic E-state index is 0.811. The predicted molar refractivity (Wildman–Crippen MR) is 47.0 cm³/mol. The first-order chi connectivity index (χ1) is 4.74. The highest BCUT2D eigenvalue weighted by Gasteiger charge is 2.19. The lowest BCUT2D eigenvalue weighted by molar-refractivity contribution is 0.489. The monoisotopic (exact) mass is 158 g/mol. The van der Waals surface area contributed by atoms with Crippen molar-refractivity contribution in [3.63, 3.8) is 0 Å². The molecule has 1 saturated heterocycles. The number of nitrogens with zero attached hydrogens (tertiary/aromatic N) is 1. The van der Waals surface area contributed by atoms with Crippen molar-refractivity contribution >= 4 is 17.3 Å². The van der Waals surface area contributed by atoms with Gasteiger partial charge < -0.3 is 10.2 Å². The van der Waals surface area contributed by atoms with Crippen LogP contribution in [0.3, 0.4) is 0 Å². The van der Waals surface area contributed by atoms with E-state index in [1.54, 1.807) is 0 Å². The van der Waals surface area contributed by atoms with Crippen LogP contribution in [-0.2, 0) is 0 Å². The van der Waals surface area contributed by atoms with E-state index in [-0.39, 0.29) is 0 Å². The topological polar surface area (TPSA) is 15.3 Å². The summed E-state index contributed by atoms with van der Waals surface area (Å²) in [6.45, 7) is 4.51. The Kier molecular flexibility index (Phi) is 2.49. The second-order valence-electron chi connectivity index (χ2n) is 2.90. The van der Waals surface area contributed by atoms with Crippen LogP contribution >= 0.6 is 12.2 Å². The molecule has 1 N–H and O–H groups in total. The van der Waals surface area contributed by atoms with Gasteiger partial charge in [-0.2, -0.15) is 0 Å². The van der Waals surface area contributed by atoms with Crippen molar-refractivity contribution in [1.82, 2.24) is 10.2 Å². The Labute approximate surface area is 67.6 Å². The number of nitrogens with one attached hydrogen (secondary N) is 1. The van der Waals surface area contributed by atoms with Crippen LogP contribution in [0.4, 0.5) is 0 Å². The lowest BCUT2D eigenvalue weighted by atomic mass is 10.2. The highest BCUT2D eigenvalue weighted by atomic mass is 32.1. The second-order valence-corrected chi connectivity index (χ2v) is 3.28. The minimum absolute atomic E-state index is 0.811. The molecule has 0 saturated carbocycles. The van der Waals surface area contributed by atoms with E-state index in [0.29, 0.717) is 0 Å². The maximum absolute atomic E-state index is 5.08. The van der Waals surface area contributed by atoms with Gasteiger partial charge in [0.15, 0.2) is 5.11 Å². The number of likely N-dealkylation sites (tertiary alicyclic amines) is 1. The van der Waals surface area contributed by atoms with Crippen LogP contribution in [0.1, 0.15) is 13.3 Å². The molecule has 0 spiro atoms. The van der Waals surface area contributed by atoms with Crippen LogP contribution in [0.25, 0.3) is 0 Å². The highest BCUT2D eigenvalue weighted by molar-refractivity contribution is 7.80. The summed E-state index contributed by atoms with van der Waals surface area (Å²) in [7, 11) is 1.88. The van der Waals surface area contributed by atoms with Crippen LogP contribution in [0.2, 0.25) is 0 Å². The van der Waals surface area contributed by atoms with E-state index in [4.69, 9.17) is 12.2 Å². The van der Waals surface area contributed by atoms with E-state index >= 15 is 0 Å². The Morgan fingerprint density at radius 1 is 1.70 bits per heavy atom. The molecule has 0 aromatic carbocycles. The van der Waals surface area contributed by atoms with Gasteiger partial charge in [0.2, 0.25) is 0 Å². The first-order valence-electron chi connectivity index (χ1n) is 3.70. The third-order valence-corrected chi connectivity index (χ3v) is 2.39. The number of hydrogen-bond donors (Lipinski definition) is 1. The second kappa shape index (κ2) is 3.19. The number of rotatable bonds is 0. The Balaban J connectivity index is 2.37. The third kappa shape index (κ3) is 1.59. The highest BCUT2D eigenvalue weighted by Crippen LogP contribution is 2.14. The first-order valence-corrected chi connectivity index (χ1v) is 4.11. The third-order valence-electron chi connectivity index (χ3n) is 1.92. The maximum atomic E-state index is 5.08. The van der Waals surface area contributed by atoms with Crippen LogP contribution in [0.15, 0.2) is 0 Å². The van der Waals surface area contributed by atoms with Crippen molar-refractivity contribution in [3.8, 4) is 0 Å². The normalized spacial score (nSPS) is 25.0. The molecule has 0 aliphatic carbocycles. The van der Waals surface area contributed by atoms with Crippen LogP contribution in [0.5, 0.6) is 0 Å². The molecule has 2 nitrogen and oxygen atoms in total. The van der Waals surface area contributed by atoms with Crippen molar-refractivity contribution in [2.24, 2.45) is 5.92 Å². The smallest absolute Gasteiger partial charge is 0.168 e. The molecule has 1 fully saturated rings. The molecule has 1 aliphatic rings. The molecule has 3 heteroatoms. The first kappa shape index (κ1) is 7.79. The van der Waals surface area contributed by atoms with Crippen molar-refractivity contribution in [2.45, 2.75) is 13.3 Å². The molecule has 1 aliphatic heterocycles. The lowest BCUT2D eigenvalue weighted by Gasteiger charge is -2.17. The molecule has 1 atom stereocenters.